The van der Waals surface area contributed by atoms with Gasteiger partial charge in [0.15, 0.2) is 6.10 Å². The molecule has 0 radical (unpaired) electrons. The van der Waals surface area contributed by atoms with Crippen LogP contribution in [0.5, 0.6) is 5.75 Å². The van der Waals surface area contributed by atoms with E-state index in [1.54, 1.807) is 58.2 Å². The lowest BCUT2D eigenvalue weighted by atomic mass is 10.0. The van der Waals surface area contributed by atoms with E-state index in [2.05, 4.69) is 0 Å². The van der Waals surface area contributed by atoms with E-state index in [4.69, 9.17) is 46.9 Å². The lowest BCUT2D eigenvalue weighted by Crippen LogP contribution is -2.52. The van der Waals surface area contributed by atoms with E-state index in [-0.39, 0.29) is 32.3 Å². The molecule has 0 aliphatic carbocycles. The summed E-state index contributed by atoms with van der Waals surface area (Å²) < 4.78 is 27.6. The van der Waals surface area contributed by atoms with E-state index in [9.17, 15) is 9.59 Å². The molecule has 3 rings (SSSR count). The Kier molecular flexibility index (Phi) is 10.2. The average Bonchev–Trinajstić information content (AvgIpc) is 3.29. The molecule has 37 heavy (non-hydrogen) atoms. The Bertz CT molecular complexity index is 1050. The van der Waals surface area contributed by atoms with Crippen molar-refractivity contribution in [2.75, 3.05) is 27.6 Å². The lowest BCUT2D eigenvalue weighted by Gasteiger charge is -2.32. The minimum absolute atomic E-state index is 0.0176. The maximum atomic E-state index is 13.3. The summed E-state index contributed by atoms with van der Waals surface area (Å²) in [6, 6.07) is 11.6. The van der Waals surface area contributed by atoms with Crippen LogP contribution in [-0.4, -0.2) is 68.2 Å². The molecular weight excluding hydrogens is 521 g/mol. The highest BCUT2D eigenvalue weighted by molar-refractivity contribution is 6.35. The van der Waals surface area contributed by atoms with Crippen LogP contribution in [0.15, 0.2) is 42.5 Å². The second-order valence-corrected chi connectivity index (χ2v) is 10.5. The minimum atomic E-state index is -0.882. The molecule has 1 amide bonds. The van der Waals surface area contributed by atoms with Crippen LogP contribution < -0.4 is 4.74 Å². The summed E-state index contributed by atoms with van der Waals surface area (Å²) in [4.78, 5) is 27.8. The summed E-state index contributed by atoms with van der Waals surface area (Å²) in [6.45, 7) is 5.73. The molecule has 2 aromatic rings. The van der Waals surface area contributed by atoms with Gasteiger partial charge in [-0.3, -0.25) is 4.79 Å². The molecule has 10 heteroatoms. The number of ether oxygens (including phenoxy) is 5. The van der Waals surface area contributed by atoms with Gasteiger partial charge in [0.1, 0.15) is 36.9 Å². The molecule has 8 nitrogen and oxygen atoms in total. The maximum Gasteiger partial charge on any atom is 0.329 e. The SMILES string of the molecule is COC[C@@H]1OCO[C@H]1C(=O)N(C)C(Cc1ccc(OCc2c(Cl)cccc2Cl)cc1)C(=O)OC(C)(C)C. The number of methoxy groups -OCH3 is 1. The van der Waals surface area contributed by atoms with Crippen molar-refractivity contribution in [3.05, 3.63) is 63.6 Å². The first kappa shape index (κ1) is 29.2. The number of halogens is 2. The Morgan fingerprint density at radius 1 is 1.08 bits per heavy atom. The van der Waals surface area contributed by atoms with Gasteiger partial charge >= 0.3 is 5.97 Å². The van der Waals surface area contributed by atoms with Crippen molar-refractivity contribution in [3.8, 4) is 5.75 Å². The second-order valence-electron chi connectivity index (χ2n) is 9.70. The number of hydrogen-bond donors (Lipinski definition) is 0. The molecule has 1 unspecified atom stereocenters. The van der Waals surface area contributed by atoms with Crippen LogP contribution >= 0.6 is 23.2 Å². The standard InChI is InChI=1S/C27H33Cl2NO7/c1-27(2,3)37-26(32)22(30(4)25(31)24-23(15-33-5)35-16-36-24)13-17-9-11-18(12-10-17)34-14-19-20(28)7-6-8-21(19)29/h6-12,22-24H,13-16H2,1-5H3/t22?,23-,24+/m0/s1. The molecule has 0 aromatic heterocycles. The molecule has 202 valence electrons. The number of rotatable bonds is 10. The first-order valence-electron chi connectivity index (χ1n) is 11.9. The Labute approximate surface area is 227 Å². The summed E-state index contributed by atoms with van der Waals surface area (Å²) in [7, 11) is 3.08. The zero-order chi connectivity index (χ0) is 27.2. The first-order chi connectivity index (χ1) is 17.5. The quantitative estimate of drug-likeness (QED) is 0.395. The van der Waals surface area contributed by atoms with Crippen LogP contribution in [0.3, 0.4) is 0 Å². The molecule has 1 fully saturated rings. The van der Waals surface area contributed by atoms with E-state index in [1.165, 1.54) is 12.0 Å². The van der Waals surface area contributed by atoms with Crippen molar-refractivity contribution >= 4 is 35.1 Å². The zero-order valence-electron chi connectivity index (χ0n) is 21.7. The van der Waals surface area contributed by atoms with Gasteiger partial charge in [0.05, 0.1) is 6.61 Å². The molecule has 0 spiro atoms. The fourth-order valence-electron chi connectivity index (χ4n) is 3.80. The number of likely N-dealkylation sites (N-methyl/N-ethyl adjacent to an activating group) is 1. The van der Waals surface area contributed by atoms with Gasteiger partial charge in [0.2, 0.25) is 0 Å². The van der Waals surface area contributed by atoms with Gasteiger partial charge in [-0.15, -0.1) is 0 Å². The predicted octanol–water partition coefficient (Wildman–Crippen LogP) is 4.67. The van der Waals surface area contributed by atoms with Gasteiger partial charge in [-0.2, -0.15) is 0 Å². The predicted molar refractivity (Wildman–Crippen MR) is 140 cm³/mol. The minimum Gasteiger partial charge on any atom is -0.489 e. The Morgan fingerprint density at radius 2 is 1.73 bits per heavy atom. The molecule has 1 heterocycles. The highest BCUT2D eigenvalue weighted by Crippen LogP contribution is 2.26. The highest BCUT2D eigenvalue weighted by Gasteiger charge is 2.41. The molecule has 2 aromatic carbocycles. The summed E-state index contributed by atoms with van der Waals surface area (Å²) in [6.07, 6.45) is -1.19. The Hall–Kier alpha value is -2.36. The fraction of sp³-hybridized carbons (Fsp3) is 0.481. The molecule has 1 saturated heterocycles. The van der Waals surface area contributed by atoms with Crippen LogP contribution in [0.2, 0.25) is 10.0 Å². The number of carbonyl (C=O) groups is 2. The Morgan fingerprint density at radius 3 is 2.32 bits per heavy atom. The van der Waals surface area contributed by atoms with Gasteiger partial charge in [-0.25, -0.2) is 4.79 Å². The average molecular weight is 554 g/mol. The van der Waals surface area contributed by atoms with Crippen LogP contribution in [-0.2, 0) is 41.6 Å². The third-order valence-electron chi connectivity index (χ3n) is 5.73. The van der Waals surface area contributed by atoms with Crippen LogP contribution in [0.4, 0.5) is 0 Å². The van der Waals surface area contributed by atoms with Crippen molar-refractivity contribution in [3.63, 3.8) is 0 Å². The van der Waals surface area contributed by atoms with Crippen molar-refractivity contribution in [1.82, 2.24) is 4.90 Å². The van der Waals surface area contributed by atoms with E-state index in [1.807, 2.05) is 12.1 Å². The molecule has 0 saturated carbocycles. The number of benzene rings is 2. The van der Waals surface area contributed by atoms with Crippen molar-refractivity contribution in [2.24, 2.45) is 0 Å². The summed E-state index contributed by atoms with van der Waals surface area (Å²) in [5.74, 6) is -0.289. The summed E-state index contributed by atoms with van der Waals surface area (Å²) in [5.41, 5.74) is 0.795. The van der Waals surface area contributed by atoms with Crippen LogP contribution in [0.1, 0.15) is 31.9 Å². The van der Waals surface area contributed by atoms with Crippen LogP contribution in [0, 0.1) is 0 Å². The number of esters is 1. The maximum absolute atomic E-state index is 13.3. The van der Waals surface area contributed by atoms with E-state index < -0.39 is 29.8 Å². The molecule has 0 N–H and O–H groups in total. The fourth-order valence-corrected chi connectivity index (χ4v) is 4.30. The normalized spacial score (nSPS) is 18.4. The molecule has 3 atom stereocenters. The smallest absolute Gasteiger partial charge is 0.329 e. The second kappa shape index (κ2) is 12.9. The highest BCUT2D eigenvalue weighted by atomic mass is 35.5. The van der Waals surface area contributed by atoms with Gasteiger partial charge in [0, 0.05) is 36.2 Å². The third-order valence-corrected chi connectivity index (χ3v) is 6.44. The Balaban J connectivity index is 1.73. The molecule has 1 aliphatic heterocycles. The van der Waals surface area contributed by atoms with E-state index >= 15 is 0 Å². The molecule has 0 bridgehead atoms. The lowest BCUT2D eigenvalue weighted by molar-refractivity contribution is -0.166. The van der Waals surface area contributed by atoms with Gasteiger partial charge in [0.25, 0.3) is 5.91 Å². The van der Waals surface area contributed by atoms with Crippen molar-refractivity contribution < 1.29 is 33.3 Å². The van der Waals surface area contributed by atoms with Crippen LogP contribution in [0.25, 0.3) is 0 Å². The number of hydrogen-bond acceptors (Lipinski definition) is 7. The van der Waals surface area contributed by atoms with Gasteiger partial charge in [-0.05, 0) is 50.6 Å². The third kappa shape index (κ3) is 8.06. The van der Waals surface area contributed by atoms with Crippen molar-refractivity contribution in [1.29, 1.82) is 0 Å². The number of nitrogens with zero attached hydrogens (tertiary/aromatic N) is 1. The zero-order valence-corrected chi connectivity index (χ0v) is 23.2. The summed E-state index contributed by atoms with van der Waals surface area (Å²) >= 11 is 12.4. The largest absolute Gasteiger partial charge is 0.489 e. The van der Waals surface area contributed by atoms with Crippen molar-refractivity contribution in [2.45, 2.75) is 57.6 Å². The number of carbonyl (C=O) groups excluding carboxylic acids is 2. The van der Waals surface area contributed by atoms with E-state index in [0.717, 1.165) is 5.56 Å². The molecule has 1 aliphatic rings. The monoisotopic (exact) mass is 553 g/mol. The number of amides is 1. The topological polar surface area (TPSA) is 83.5 Å². The van der Waals surface area contributed by atoms with Gasteiger partial charge < -0.3 is 28.6 Å². The van der Waals surface area contributed by atoms with E-state index in [0.29, 0.717) is 21.4 Å². The molecular formula is C27H33Cl2NO7. The first-order valence-corrected chi connectivity index (χ1v) is 12.6. The van der Waals surface area contributed by atoms with Gasteiger partial charge in [-0.1, -0.05) is 41.4 Å². The summed E-state index contributed by atoms with van der Waals surface area (Å²) in [5, 5.41) is 1.06.